The second kappa shape index (κ2) is 11.1. The number of anilines is 2. The lowest BCUT2D eigenvalue weighted by molar-refractivity contribution is -0.116. The van der Waals surface area contributed by atoms with E-state index in [2.05, 4.69) is 29.1 Å². The van der Waals surface area contributed by atoms with E-state index in [0.717, 1.165) is 29.0 Å². The van der Waals surface area contributed by atoms with E-state index < -0.39 is 0 Å². The van der Waals surface area contributed by atoms with Gasteiger partial charge < -0.3 is 15.4 Å². The molecule has 1 aromatic heterocycles. The zero-order valence-electron chi connectivity index (χ0n) is 17.4. The molecule has 0 fully saturated rings. The summed E-state index contributed by atoms with van der Waals surface area (Å²) in [4.78, 5) is 28.1. The molecule has 6 nitrogen and oxygen atoms in total. The molecule has 7 heteroatoms. The standard InChI is InChI=1S/C24H25N3O3S/c1-3-15-30-20-12-8-18(9-13-20)21-16-31-24(26-21)27-23(29)14-7-17-5-10-19(11-6-17)25-22(28)4-2/h4-6,8-13,16H,2-3,7,14-15H2,1H3,(H,25,28)(H,26,27,29). The van der Waals surface area contributed by atoms with Gasteiger partial charge in [0.1, 0.15) is 5.75 Å². The summed E-state index contributed by atoms with van der Waals surface area (Å²) in [5.74, 6) is 0.495. The number of benzene rings is 2. The van der Waals surface area contributed by atoms with Gasteiger partial charge in [-0.1, -0.05) is 25.6 Å². The van der Waals surface area contributed by atoms with Crippen LogP contribution in [-0.4, -0.2) is 23.4 Å². The number of nitrogens with one attached hydrogen (secondary N) is 2. The smallest absolute Gasteiger partial charge is 0.247 e. The van der Waals surface area contributed by atoms with Gasteiger partial charge in [-0.2, -0.15) is 0 Å². The third-order valence-corrected chi connectivity index (χ3v) is 5.18. The molecule has 1 heterocycles. The molecule has 3 rings (SSSR count). The van der Waals surface area contributed by atoms with Crippen LogP contribution in [0.3, 0.4) is 0 Å². The average Bonchev–Trinajstić information content (AvgIpc) is 3.25. The molecule has 160 valence electrons. The minimum atomic E-state index is -0.254. The largest absolute Gasteiger partial charge is 0.494 e. The van der Waals surface area contributed by atoms with Crippen molar-refractivity contribution in [3.8, 4) is 17.0 Å². The number of carbonyl (C=O) groups is 2. The molecule has 2 aromatic carbocycles. The Balaban J connectivity index is 1.49. The molecular weight excluding hydrogens is 410 g/mol. The van der Waals surface area contributed by atoms with Crippen molar-refractivity contribution < 1.29 is 14.3 Å². The Labute approximate surface area is 186 Å². The number of aromatic nitrogens is 1. The number of amides is 2. The predicted octanol–water partition coefficient (Wildman–Crippen LogP) is 5.29. The van der Waals surface area contributed by atoms with Crippen LogP contribution in [0.5, 0.6) is 5.75 Å². The lowest BCUT2D eigenvalue weighted by atomic mass is 10.1. The number of hydrogen-bond acceptors (Lipinski definition) is 5. The van der Waals surface area contributed by atoms with Gasteiger partial charge in [-0.3, -0.25) is 9.59 Å². The summed E-state index contributed by atoms with van der Waals surface area (Å²) in [5.41, 5.74) is 3.50. The van der Waals surface area contributed by atoms with Crippen LogP contribution < -0.4 is 15.4 Å². The lowest BCUT2D eigenvalue weighted by Crippen LogP contribution is -2.12. The van der Waals surface area contributed by atoms with Crippen LogP contribution in [0.25, 0.3) is 11.3 Å². The van der Waals surface area contributed by atoms with Crippen LogP contribution in [0.1, 0.15) is 25.3 Å². The van der Waals surface area contributed by atoms with Gasteiger partial charge in [0.2, 0.25) is 11.8 Å². The quantitative estimate of drug-likeness (QED) is 0.424. The number of rotatable bonds is 10. The van der Waals surface area contributed by atoms with E-state index >= 15 is 0 Å². The molecule has 0 radical (unpaired) electrons. The molecule has 0 unspecified atom stereocenters. The molecule has 0 atom stereocenters. The van der Waals surface area contributed by atoms with Gasteiger partial charge in [0.15, 0.2) is 5.13 Å². The Morgan fingerprint density at radius 2 is 1.84 bits per heavy atom. The average molecular weight is 436 g/mol. The minimum absolute atomic E-state index is 0.0896. The highest BCUT2D eigenvalue weighted by atomic mass is 32.1. The third-order valence-electron chi connectivity index (χ3n) is 4.42. The molecule has 0 saturated heterocycles. The van der Waals surface area contributed by atoms with Gasteiger partial charge in [0.25, 0.3) is 0 Å². The van der Waals surface area contributed by atoms with E-state index in [0.29, 0.717) is 30.3 Å². The van der Waals surface area contributed by atoms with Crippen molar-refractivity contribution in [2.45, 2.75) is 26.2 Å². The normalized spacial score (nSPS) is 10.4. The summed E-state index contributed by atoms with van der Waals surface area (Å²) in [7, 11) is 0. The van der Waals surface area contributed by atoms with Crippen LogP contribution >= 0.6 is 11.3 Å². The zero-order chi connectivity index (χ0) is 22.1. The fourth-order valence-corrected chi connectivity index (χ4v) is 3.53. The molecule has 0 bridgehead atoms. The lowest BCUT2D eigenvalue weighted by Gasteiger charge is -2.05. The van der Waals surface area contributed by atoms with Gasteiger partial charge >= 0.3 is 0 Å². The molecule has 0 aliphatic rings. The SMILES string of the molecule is C=CC(=O)Nc1ccc(CCC(=O)Nc2nc(-c3ccc(OCCC)cc3)cs2)cc1. The van der Waals surface area contributed by atoms with E-state index in [1.807, 2.05) is 41.8 Å². The highest BCUT2D eigenvalue weighted by molar-refractivity contribution is 7.14. The second-order valence-corrected chi connectivity index (χ2v) is 7.71. The first kappa shape index (κ1) is 22.2. The molecule has 0 saturated carbocycles. The Kier molecular flexibility index (Phi) is 7.95. The molecule has 0 aliphatic heterocycles. The highest BCUT2D eigenvalue weighted by Gasteiger charge is 2.09. The zero-order valence-corrected chi connectivity index (χ0v) is 18.2. The van der Waals surface area contributed by atoms with Crippen LogP contribution in [0, 0.1) is 0 Å². The number of nitrogens with zero attached hydrogens (tertiary/aromatic N) is 1. The van der Waals surface area contributed by atoms with E-state index in [1.165, 1.54) is 17.4 Å². The van der Waals surface area contributed by atoms with Crippen LogP contribution in [0.4, 0.5) is 10.8 Å². The van der Waals surface area contributed by atoms with Crippen molar-refractivity contribution in [2.24, 2.45) is 0 Å². The van der Waals surface area contributed by atoms with E-state index in [1.54, 1.807) is 12.1 Å². The van der Waals surface area contributed by atoms with Gasteiger partial charge in [-0.15, -0.1) is 11.3 Å². The Morgan fingerprint density at radius 3 is 2.52 bits per heavy atom. The number of thiazole rings is 1. The number of carbonyl (C=O) groups excluding carboxylic acids is 2. The summed E-state index contributed by atoms with van der Waals surface area (Å²) < 4.78 is 5.60. The van der Waals surface area contributed by atoms with Crippen molar-refractivity contribution in [3.63, 3.8) is 0 Å². The summed E-state index contributed by atoms with van der Waals surface area (Å²) in [6, 6.07) is 15.2. The molecule has 2 N–H and O–H groups in total. The van der Waals surface area contributed by atoms with Crippen LogP contribution in [0.2, 0.25) is 0 Å². The monoisotopic (exact) mass is 435 g/mol. The molecule has 0 aliphatic carbocycles. The van der Waals surface area contributed by atoms with Crippen LogP contribution in [-0.2, 0) is 16.0 Å². The van der Waals surface area contributed by atoms with Gasteiger partial charge in [-0.25, -0.2) is 4.98 Å². The summed E-state index contributed by atoms with van der Waals surface area (Å²) in [5, 5.41) is 8.06. The van der Waals surface area contributed by atoms with Crippen molar-refractivity contribution >= 4 is 34.0 Å². The molecule has 31 heavy (non-hydrogen) atoms. The van der Waals surface area contributed by atoms with E-state index in [4.69, 9.17) is 4.74 Å². The summed E-state index contributed by atoms with van der Waals surface area (Å²) in [6.07, 6.45) is 3.13. The predicted molar refractivity (Wildman–Crippen MR) is 126 cm³/mol. The maximum absolute atomic E-state index is 12.3. The molecular formula is C24H25N3O3S. The first-order chi connectivity index (χ1) is 15.1. The molecule has 2 amide bonds. The van der Waals surface area contributed by atoms with Gasteiger partial charge in [-0.05, 0) is 60.9 Å². The number of aryl methyl sites for hydroxylation is 1. The summed E-state index contributed by atoms with van der Waals surface area (Å²) in [6.45, 7) is 6.19. The van der Waals surface area contributed by atoms with Crippen molar-refractivity contribution in [1.29, 1.82) is 0 Å². The summed E-state index contributed by atoms with van der Waals surface area (Å²) >= 11 is 1.40. The fourth-order valence-electron chi connectivity index (χ4n) is 2.79. The Bertz CT molecular complexity index is 1030. The maximum Gasteiger partial charge on any atom is 0.247 e. The minimum Gasteiger partial charge on any atom is -0.494 e. The van der Waals surface area contributed by atoms with Gasteiger partial charge in [0.05, 0.1) is 12.3 Å². The molecule has 3 aromatic rings. The topological polar surface area (TPSA) is 80.3 Å². The number of hydrogen-bond donors (Lipinski definition) is 2. The Hall–Kier alpha value is -3.45. The highest BCUT2D eigenvalue weighted by Crippen LogP contribution is 2.26. The van der Waals surface area contributed by atoms with Crippen molar-refractivity contribution in [2.75, 3.05) is 17.2 Å². The van der Waals surface area contributed by atoms with E-state index in [9.17, 15) is 9.59 Å². The Morgan fingerprint density at radius 1 is 1.10 bits per heavy atom. The van der Waals surface area contributed by atoms with Crippen molar-refractivity contribution in [1.82, 2.24) is 4.98 Å². The van der Waals surface area contributed by atoms with Gasteiger partial charge in [0, 0.05) is 23.1 Å². The fraction of sp³-hybridized carbons (Fsp3) is 0.208. The van der Waals surface area contributed by atoms with Crippen LogP contribution in [0.15, 0.2) is 66.6 Å². The molecule has 0 spiro atoms. The third kappa shape index (κ3) is 6.79. The van der Waals surface area contributed by atoms with E-state index in [-0.39, 0.29) is 11.8 Å². The van der Waals surface area contributed by atoms with Crippen molar-refractivity contribution in [3.05, 3.63) is 72.1 Å². The second-order valence-electron chi connectivity index (χ2n) is 6.85. The number of ether oxygens (including phenoxy) is 1. The maximum atomic E-state index is 12.3. The first-order valence-electron chi connectivity index (χ1n) is 10.1. The first-order valence-corrected chi connectivity index (χ1v) is 11.0.